The van der Waals surface area contributed by atoms with Gasteiger partial charge < -0.3 is 10.6 Å². The number of fused-ring (bicyclic) bond motifs is 2. The predicted molar refractivity (Wildman–Crippen MR) is 69.3 cm³/mol. The van der Waals surface area contributed by atoms with Gasteiger partial charge in [-0.3, -0.25) is 0 Å². The molecule has 0 aromatic carbocycles. The molecule has 2 heteroatoms. The summed E-state index contributed by atoms with van der Waals surface area (Å²) in [6.07, 6.45) is 8.72. The van der Waals surface area contributed by atoms with Crippen molar-refractivity contribution in [2.45, 2.75) is 45.4 Å². The maximum Gasteiger partial charge on any atom is 0.0105 e. The van der Waals surface area contributed by atoms with Crippen molar-refractivity contribution in [3.05, 3.63) is 0 Å². The molecule has 3 unspecified atom stereocenters. The molecule has 2 nitrogen and oxygen atoms in total. The average Bonchev–Trinajstić information content (AvgIpc) is 2.88. The number of hydrogen-bond donors (Lipinski definition) is 1. The molecule has 2 aliphatic carbocycles. The van der Waals surface area contributed by atoms with Crippen molar-refractivity contribution in [2.75, 3.05) is 26.2 Å². The third kappa shape index (κ3) is 2.98. The van der Waals surface area contributed by atoms with Gasteiger partial charge in [0, 0.05) is 19.6 Å². The standard InChI is InChI=1S/C14H28N2/c1-2-3-7-16(8-6-15)11-14-10-12-4-5-13(14)9-12/h12-14H,2-11,15H2,1H3. The van der Waals surface area contributed by atoms with E-state index < -0.39 is 0 Å². The van der Waals surface area contributed by atoms with Crippen LogP contribution in [0, 0.1) is 17.8 Å². The van der Waals surface area contributed by atoms with E-state index in [1.165, 1.54) is 51.6 Å². The molecule has 2 N–H and O–H groups in total. The van der Waals surface area contributed by atoms with E-state index in [1.807, 2.05) is 0 Å². The van der Waals surface area contributed by atoms with Crippen LogP contribution in [0.25, 0.3) is 0 Å². The van der Waals surface area contributed by atoms with Crippen LogP contribution < -0.4 is 5.73 Å². The van der Waals surface area contributed by atoms with E-state index in [4.69, 9.17) is 5.73 Å². The van der Waals surface area contributed by atoms with Crippen LogP contribution in [0.2, 0.25) is 0 Å². The van der Waals surface area contributed by atoms with Gasteiger partial charge in [-0.25, -0.2) is 0 Å². The first-order valence-electron chi connectivity index (χ1n) is 7.26. The lowest BCUT2D eigenvalue weighted by molar-refractivity contribution is 0.191. The van der Waals surface area contributed by atoms with E-state index in [1.54, 1.807) is 0 Å². The zero-order valence-electron chi connectivity index (χ0n) is 10.8. The Morgan fingerprint density at radius 3 is 2.62 bits per heavy atom. The summed E-state index contributed by atoms with van der Waals surface area (Å²) in [4.78, 5) is 2.62. The van der Waals surface area contributed by atoms with Gasteiger partial charge in [0.2, 0.25) is 0 Å². The van der Waals surface area contributed by atoms with Crippen LogP contribution in [0.15, 0.2) is 0 Å². The Kier molecular flexibility index (Phi) is 4.66. The second-order valence-corrected chi connectivity index (χ2v) is 5.88. The van der Waals surface area contributed by atoms with Gasteiger partial charge >= 0.3 is 0 Å². The van der Waals surface area contributed by atoms with Gasteiger partial charge in [-0.15, -0.1) is 0 Å². The van der Waals surface area contributed by atoms with E-state index in [2.05, 4.69) is 11.8 Å². The highest BCUT2D eigenvalue weighted by Gasteiger charge is 2.39. The molecule has 2 aliphatic rings. The summed E-state index contributed by atoms with van der Waals surface area (Å²) in [7, 11) is 0. The normalized spacial score (nSPS) is 32.8. The van der Waals surface area contributed by atoms with Gasteiger partial charge in [-0.1, -0.05) is 19.8 Å². The van der Waals surface area contributed by atoms with E-state index >= 15 is 0 Å². The van der Waals surface area contributed by atoms with E-state index in [-0.39, 0.29) is 0 Å². The van der Waals surface area contributed by atoms with Crippen molar-refractivity contribution in [1.82, 2.24) is 4.90 Å². The minimum atomic E-state index is 0.824. The predicted octanol–water partition coefficient (Wildman–Crippen LogP) is 2.48. The summed E-state index contributed by atoms with van der Waals surface area (Å²) in [6, 6.07) is 0. The molecule has 0 spiro atoms. The van der Waals surface area contributed by atoms with Crippen LogP contribution in [0.5, 0.6) is 0 Å². The van der Waals surface area contributed by atoms with Gasteiger partial charge in [0.15, 0.2) is 0 Å². The lowest BCUT2D eigenvalue weighted by Crippen LogP contribution is -2.36. The number of nitrogens with two attached hydrogens (primary N) is 1. The highest BCUT2D eigenvalue weighted by atomic mass is 15.1. The smallest absolute Gasteiger partial charge is 0.0105 e. The lowest BCUT2D eigenvalue weighted by atomic mass is 9.88. The fourth-order valence-corrected chi connectivity index (χ4v) is 3.79. The van der Waals surface area contributed by atoms with Gasteiger partial charge in [-0.05, 0) is 50.0 Å². The van der Waals surface area contributed by atoms with Gasteiger partial charge in [0.1, 0.15) is 0 Å². The molecule has 94 valence electrons. The molecule has 2 bridgehead atoms. The molecule has 0 heterocycles. The molecule has 0 saturated heterocycles. The molecular formula is C14H28N2. The number of rotatable bonds is 7. The minimum Gasteiger partial charge on any atom is -0.329 e. The molecule has 16 heavy (non-hydrogen) atoms. The van der Waals surface area contributed by atoms with Gasteiger partial charge in [0.25, 0.3) is 0 Å². The van der Waals surface area contributed by atoms with Crippen molar-refractivity contribution < 1.29 is 0 Å². The van der Waals surface area contributed by atoms with Crippen LogP contribution in [0.1, 0.15) is 45.4 Å². The zero-order chi connectivity index (χ0) is 11.4. The first-order valence-corrected chi connectivity index (χ1v) is 7.26. The first-order chi connectivity index (χ1) is 7.83. The summed E-state index contributed by atoms with van der Waals surface area (Å²) in [6.45, 7) is 6.80. The maximum absolute atomic E-state index is 5.71. The Balaban J connectivity index is 1.76. The summed E-state index contributed by atoms with van der Waals surface area (Å²) >= 11 is 0. The van der Waals surface area contributed by atoms with Crippen molar-refractivity contribution in [2.24, 2.45) is 23.5 Å². The second-order valence-electron chi connectivity index (χ2n) is 5.88. The fourth-order valence-electron chi connectivity index (χ4n) is 3.79. The number of unbranched alkanes of at least 4 members (excludes halogenated alkanes) is 1. The van der Waals surface area contributed by atoms with E-state index in [0.717, 1.165) is 30.8 Å². The van der Waals surface area contributed by atoms with Crippen molar-refractivity contribution >= 4 is 0 Å². The highest BCUT2D eigenvalue weighted by molar-refractivity contribution is 4.91. The molecule has 2 rings (SSSR count). The molecule has 0 aliphatic heterocycles. The van der Waals surface area contributed by atoms with Crippen LogP contribution in [0.4, 0.5) is 0 Å². The third-order valence-corrected chi connectivity index (χ3v) is 4.65. The molecule has 2 fully saturated rings. The fraction of sp³-hybridized carbons (Fsp3) is 1.00. The first kappa shape index (κ1) is 12.4. The van der Waals surface area contributed by atoms with Crippen molar-refractivity contribution in [3.8, 4) is 0 Å². The molecule has 0 aromatic heterocycles. The topological polar surface area (TPSA) is 29.3 Å². The summed E-state index contributed by atoms with van der Waals surface area (Å²) < 4.78 is 0. The molecule has 3 atom stereocenters. The summed E-state index contributed by atoms with van der Waals surface area (Å²) in [5.74, 6) is 3.15. The SMILES string of the molecule is CCCCN(CCN)CC1CC2CCC1C2. The Bertz CT molecular complexity index is 205. The molecule has 0 amide bonds. The molecule has 0 aromatic rings. The minimum absolute atomic E-state index is 0.824. The van der Waals surface area contributed by atoms with Crippen LogP contribution in [-0.4, -0.2) is 31.1 Å². The second kappa shape index (κ2) is 6.02. The molecular weight excluding hydrogens is 196 g/mol. The Morgan fingerprint density at radius 1 is 1.19 bits per heavy atom. The Labute approximate surface area is 101 Å². The quantitative estimate of drug-likeness (QED) is 0.720. The molecule has 0 radical (unpaired) electrons. The Hall–Kier alpha value is -0.0800. The Morgan fingerprint density at radius 2 is 2.06 bits per heavy atom. The molecule has 2 saturated carbocycles. The lowest BCUT2D eigenvalue weighted by Gasteiger charge is -2.29. The van der Waals surface area contributed by atoms with Gasteiger partial charge in [-0.2, -0.15) is 0 Å². The largest absolute Gasteiger partial charge is 0.329 e. The average molecular weight is 224 g/mol. The van der Waals surface area contributed by atoms with Gasteiger partial charge in [0.05, 0.1) is 0 Å². The maximum atomic E-state index is 5.71. The number of hydrogen-bond acceptors (Lipinski definition) is 2. The van der Waals surface area contributed by atoms with E-state index in [9.17, 15) is 0 Å². The summed E-state index contributed by atoms with van der Waals surface area (Å²) in [5.41, 5.74) is 5.71. The highest BCUT2D eigenvalue weighted by Crippen LogP contribution is 2.48. The van der Waals surface area contributed by atoms with Crippen molar-refractivity contribution in [1.29, 1.82) is 0 Å². The summed E-state index contributed by atoms with van der Waals surface area (Å²) in [5, 5.41) is 0. The van der Waals surface area contributed by atoms with Crippen LogP contribution >= 0.6 is 0 Å². The van der Waals surface area contributed by atoms with Crippen LogP contribution in [-0.2, 0) is 0 Å². The number of nitrogens with zero attached hydrogens (tertiary/aromatic N) is 1. The van der Waals surface area contributed by atoms with E-state index in [0.29, 0.717) is 0 Å². The monoisotopic (exact) mass is 224 g/mol. The van der Waals surface area contributed by atoms with Crippen LogP contribution in [0.3, 0.4) is 0 Å². The zero-order valence-corrected chi connectivity index (χ0v) is 10.8. The van der Waals surface area contributed by atoms with Crippen molar-refractivity contribution in [3.63, 3.8) is 0 Å². The third-order valence-electron chi connectivity index (χ3n) is 4.65.